The van der Waals surface area contributed by atoms with Crippen molar-refractivity contribution in [2.45, 2.75) is 78.6 Å². The molecule has 0 amide bonds. The van der Waals surface area contributed by atoms with Gasteiger partial charge in [0.15, 0.2) is 8.32 Å². The van der Waals surface area contributed by atoms with E-state index < -0.39 is 41.8 Å². The Morgan fingerprint density at radius 1 is 0.458 bits per heavy atom. The van der Waals surface area contributed by atoms with Crippen LogP contribution >= 0.6 is 0 Å². The quantitative estimate of drug-likeness (QED) is 0.399. The van der Waals surface area contributed by atoms with Gasteiger partial charge < -0.3 is 18.1 Å². The molecule has 0 aliphatic carbocycles. The second kappa shape index (κ2) is 11.7. The van der Waals surface area contributed by atoms with Crippen LogP contribution in [0.2, 0.25) is 78.6 Å². The maximum Gasteiger partial charge on any atom is 1.00 e. The van der Waals surface area contributed by atoms with Crippen molar-refractivity contribution in [2.75, 3.05) is 0 Å². The molecular formula is C12H36Li3N3OSi5. The third-order valence-electron chi connectivity index (χ3n) is 1.89. The molecule has 0 fully saturated rings. The van der Waals surface area contributed by atoms with Crippen LogP contribution in [-0.4, -0.2) is 41.8 Å². The fraction of sp³-hybridized carbons (Fsp3) is 1.00. The minimum Gasteiger partial charge on any atom is -0.677 e. The van der Waals surface area contributed by atoms with Gasteiger partial charge in [0.2, 0.25) is 0 Å². The largest absolute Gasteiger partial charge is 1.00 e. The van der Waals surface area contributed by atoms with E-state index in [-0.39, 0.29) is 56.6 Å². The molecule has 0 bridgehead atoms. The summed E-state index contributed by atoms with van der Waals surface area (Å²) in [5, 5.41) is 0. The van der Waals surface area contributed by atoms with Gasteiger partial charge in [-0.3, -0.25) is 0 Å². The molecule has 0 rings (SSSR count). The van der Waals surface area contributed by atoms with Crippen molar-refractivity contribution in [1.82, 2.24) is 0 Å². The molecule has 4 nitrogen and oxygen atoms in total. The first kappa shape index (κ1) is 34.2. The van der Waals surface area contributed by atoms with Gasteiger partial charge in [0.05, 0.1) is 0 Å². The molecule has 0 saturated heterocycles. The van der Waals surface area contributed by atoms with Crippen LogP contribution in [-0.2, 0) is 4.12 Å². The van der Waals surface area contributed by atoms with Gasteiger partial charge in [-0.1, -0.05) is 83.6 Å². The van der Waals surface area contributed by atoms with E-state index in [4.69, 9.17) is 18.1 Å². The number of hydrogen-bond acceptors (Lipinski definition) is 1. The van der Waals surface area contributed by atoms with Gasteiger partial charge >= 0.3 is 56.6 Å². The first-order chi connectivity index (χ1) is 8.83. The zero-order valence-electron chi connectivity index (χ0n) is 19.2. The van der Waals surface area contributed by atoms with E-state index in [9.17, 15) is 0 Å². The van der Waals surface area contributed by atoms with E-state index in [2.05, 4.69) is 78.6 Å². The Morgan fingerprint density at radius 2 is 0.667 bits per heavy atom. The molecule has 0 aromatic rings. The van der Waals surface area contributed by atoms with E-state index >= 15 is 0 Å². The first-order valence-corrected chi connectivity index (χ1v) is 23.2. The smallest absolute Gasteiger partial charge is 0.677 e. The van der Waals surface area contributed by atoms with Gasteiger partial charge in [-0.25, -0.2) is 0 Å². The van der Waals surface area contributed by atoms with E-state index in [1.54, 1.807) is 0 Å². The number of hydrogen-bond donors (Lipinski definition) is 0. The maximum absolute atomic E-state index is 6.64. The fourth-order valence-corrected chi connectivity index (χ4v) is 19.4. The monoisotopic (exact) mass is 399 g/mol. The van der Waals surface area contributed by atoms with Crippen LogP contribution in [0.25, 0.3) is 13.9 Å². The van der Waals surface area contributed by atoms with Crippen molar-refractivity contribution in [3.8, 4) is 0 Å². The summed E-state index contributed by atoms with van der Waals surface area (Å²) >= 11 is 0. The molecule has 0 unspecified atom stereocenters. The summed E-state index contributed by atoms with van der Waals surface area (Å²) in [4.78, 5) is 0. The maximum atomic E-state index is 6.64. The van der Waals surface area contributed by atoms with E-state index in [0.717, 1.165) is 0 Å². The molecular weight excluding hydrogens is 363 g/mol. The Labute approximate surface area is 193 Å². The molecule has 0 radical (unpaired) electrons. The zero-order chi connectivity index (χ0) is 17.3. The predicted octanol–water partition coefficient (Wildman–Crippen LogP) is -3.09. The molecule has 0 aromatic carbocycles. The third-order valence-corrected chi connectivity index (χ3v) is 17.0. The Bertz CT molecular complexity index is 282. The molecule has 0 aromatic heterocycles. The molecule has 0 spiro atoms. The molecule has 0 N–H and O–H groups in total. The van der Waals surface area contributed by atoms with Gasteiger partial charge in [0.1, 0.15) is 0 Å². The summed E-state index contributed by atoms with van der Waals surface area (Å²) < 4.78 is 22.3. The topological polar surface area (TPSA) is 51.5 Å². The summed E-state index contributed by atoms with van der Waals surface area (Å²) in [6.45, 7) is 27.1. The van der Waals surface area contributed by atoms with Gasteiger partial charge in [0, 0.05) is 0 Å². The van der Waals surface area contributed by atoms with Gasteiger partial charge in [-0.05, 0) is 19.6 Å². The Kier molecular flexibility index (Phi) is 16.6. The Balaban J connectivity index is -0.000000667. The van der Waals surface area contributed by atoms with Crippen LogP contribution in [0.1, 0.15) is 0 Å². The number of rotatable bonds is 8. The van der Waals surface area contributed by atoms with Crippen molar-refractivity contribution in [2.24, 2.45) is 0 Å². The molecule has 12 heteroatoms. The van der Waals surface area contributed by atoms with Crippen LogP contribution in [0.5, 0.6) is 0 Å². The van der Waals surface area contributed by atoms with Crippen molar-refractivity contribution >= 4 is 41.8 Å². The molecule has 0 heterocycles. The summed E-state index contributed by atoms with van der Waals surface area (Å²) in [5.41, 5.74) is 0. The summed E-state index contributed by atoms with van der Waals surface area (Å²) in [7, 11) is -9.41. The standard InChI is InChI=1S/C12H36N3OSi5.3Li/c1-17(2,3)13-21(14-18(4,5)6,15-19(7,8)9)16-20(10,11)12;;;/h1-12H3;;;/q-3;3*+1. The third kappa shape index (κ3) is 19.5. The van der Waals surface area contributed by atoms with Crippen LogP contribution in [0.4, 0.5) is 0 Å². The molecule has 0 saturated carbocycles. The van der Waals surface area contributed by atoms with E-state index in [1.807, 2.05) is 0 Å². The SMILES string of the molecule is C[Si](C)(C)[N-][Si]([N-][Si](C)(C)C)([N-][Si](C)(C)C)O[Si](C)(C)C.[Li+].[Li+].[Li+]. The first-order valence-electron chi connectivity index (χ1n) is 7.75. The number of nitrogens with zero attached hydrogens (tertiary/aromatic N) is 3. The molecule has 0 aliphatic rings. The minimum atomic E-state index is -2.72. The van der Waals surface area contributed by atoms with Crippen LogP contribution < -0.4 is 56.6 Å². The molecule has 0 aliphatic heterocycles. The fourth-order valence-electron chi connectivity index (χ4n) is 1.87. The van der Waals surface area contributed by atoms with Gasteiger partial charge in [-0.15, -0.1) is 0 Å². The minimum absolute atomic E-state index is 0. The predicted molar refractivity (Wildman–Crippen MR) is 110 cm³/mol. The van der Waals surface area contributed by atoms with Gasteiger partial charge in [-0.2, -0.15) is 8.80 Å². The Morgan fingerprint density at radius 3 is 0.792 bits per heavy atom. The summed E-state index contributed by atoms with van der Waals surface area (Å²) in [5.74, 6) is 0. The molecule has 0 atom stereocenters. The van der Waals surface area contributed by atoms with Crippen molar-refractivity contribution < 1.29 is 60.7 Å². The van der Waals surface area contributed by atoms with Gasteiger partial charge in [0.25, 0.3) is 0 Å². The molecule has 24 heavy (non-hydrogen) atoms. The molecule has 128 valence electrons. The van der Waals surface area contributed by atoms with Crippen LogP contribution in [0.15, 0.2) is 0 Å². The second-order valence-corrected chi connectivity index (χ2v) is 31.5. The van der Waals surface area contributed by atoms with E-state index in [1.165, 1.54) is 0 Å². The van der Waals surface area contributed by atoms with Crippen LogP contribution in [0.3, 0.4) is 0 Å². The van der Waals surface area contributed by atoms with E-state index in [0.29, 0.717) is 0 Å². The van der Waals surface area contributed by atoms with Crippen molar-refractivity contribution in [3.63, 3.8) is 0 Å². The summed E-state index contributed by atoms with van der Waals surface area (Å²) in [6, 6.07) is 0. The average molecular weight is 400 g/mol. The van der Waals surface area contributed by atoms with Crippen LogP contribution in [0, 0.1) is 0 Å². The zero-order valence-corrected chi connectivity index (χ0v) is 24.2. The second-order valence-electron chi connectivity index (χ2n) is 9.64. The average Bonchev–Trinajstić information content (AvgIpc) is 1.83. The summed E-state index contributed by atoms with van der Waals surface area (Å²) in [6.07, 6.45) is 0. The Hall–Kier alpha value is 2.72. The van der Waals surface area contributed by atoms with Crippen molar-refractivity contribution in [3.05, 3.63) is 13.9 Å². The normalized spacial score (nSPS) is 13.5. The van der Waals surface area contributed by atoms with Crippen molar-refractivity contribution in [1.29, 1.82) is 0 Å².